The van der Waals surface area contributed by atoms with E-state index in [2.05, 4.69) is 25.2 Å². The Balaban J connectivity index is 1.94. The summed E-state index contributed by atoms with van der Waals surface area (Å²) in [5.74, 6) is 1.29. The van der Waals surface area contributed by atoms with Crippen LogP contribution < -0.4 is 16.0 Å². The van der Waals surface area contributed by atoms with Crippen LogP contribution in [0.25, 0.3) is 0 Å². The average Bonchev–Trinajstić information content (AvgIpc) is 2.86. The van der Waals surface area contributed by atoms with Crippen LogP contribution in [0.5, 0.6) is 0 Å². The number of sulfone groups is 1. The average molecular weight is 300 g/mol. The van der Waals surface area contributed by atoms with Gasteiger partial charge in [-0.1, -0.05) is 0 Å². The van der Waals surface area contributed by atoms with Crippen molar-refractivity contribution < 1.29 is 8.42 Å². The second-order valence-electron chi connectivity index (χ2n) is 4.92. The number of aromatic nitrogens is 3. The maximum absolute atomic E-state index is 11.0. The van der Waals surface area contributed by atoms with E-state index in [1.54, 1.807) is 0 Å². The van der Waals surface area contributed by atoms with Crippen LogP contribution in [-0.4, -0.2) is 55.0 Å². The van der Waals surface area contributed by atoms with Crippen molar-refractivity contribution in [1.82, 2.24) is 15.0 Å². The van der Waals surface area contributed by atoms with Crippen molar-refractivity contribution in [2.45, 2.75) is 19.3 Å². The van der Waals surface area contributed by atoms with Gasteiger partial charge in [0.15, 0.2) is 0 Å². The van der Waals surface area contributed by atoms with Crippen molar-refractivity contribution in [3.05, 3.63) is 0 Å². The van der Waals surface area contributed by atoms with E-state index >= 15 is 0 Å². The summed E-state index contributed by atoms with van der Waals surface area (Å²) in [5.41, 5.74) is 5.68. The molecule has 3 N–H and O–H groups in total. The summed E-state index contributed by atoms with van der Waals surface area (Å²) in [6.07, 6.45) is 3.98. The zero-order chi connectivity index (χ0) is 14.6. The summed E-state index contributed by atoms with van der Waals surface area (Å²) in [4.78, 5) is 14.5. The van der Waals surface area contributed by atoms with E-state index in [0.717, 1.165) is 25.9 Å². The van der Waals surface area contributed by atoms with Crippen LogP contribution in [-0.2, 0) is 9.84 Å². The Morgan fingerprint density at radius 2 is 1.95 bits per heavy atom. The van der Waals surface area contributed by atoms with Crippen LogP contribution in [0, 0.1) is 0 Å². The quantitative estimate of drug-likeness (QED) is 0.700. The molecule has 2 heterocycles. The molecule has 1 aliphatic heterocycles. The molecule has 1 aromatic rings. The van der Waals surface area contributed by atoms with Gasteiger partial charge in [0.05, 0.1) is 5.75 Å². The van der Waals surface area contributed by atoms with Crippen LogP contribution >= 0.6 is 0 Å². The number of rotatable bonds is 6. The number of hydrogen-bond acceptors (Lipinski definition) is 8. The third-order valence-corrected chi connectivity index (χ3v) is 4.04. The highest BCUT2D eigenvalue weighted by molar-refractivity contribution is 7.90. The number of hydrogen-bond donors (Lipinski definition) is 2. The molecule has 112 valence electrons. The van der Waals surface area contributed by atoms with Crippen molar-refractivity contribution in [2.75, 3.05) is 47.6 Å². The maximum Gasteiger partial charge on any atom is 0.231 e. The van der Waals surface area contributed by atoms with Crippen molar-refractivity contribution in [3.8, 4) is 0 Å². The molecule has 0 spiro atoms. The molecular weight excluding hydrogens is 280 g/mol. The van der Waals surface area contributed by atoms with Gasteiger partial charge in [-0.2, -0.15) is 15.0 Å². The molecule has 0 unspecified atom stereocenters. The van der Waals surface area contributed by atoms with Crippen LogP contribution in [0.4, 0.5) is 17.8 Å². The molecule has 0 aromatic carbocycles. The van der Waals surface area contributed by atoms with Crippen molar-refractivity contribution in [3.63, 3.8) is 0 Å². The second kappa shape index (κ2) is 6.21. The molecule has 1 aliphatic rings. The van der Waals surface area contributed by atoms with E-state index in [1.807, 2.05) is 0 Å². The van der Waals surface area contributed by atoms with Gasteiger partial charge in [-0.3, -0.25) is 0 Å². The molecule has 0 aliphatic carbocycles. The van der Waals surface area contributed by atoms with Gasteiger partial charge in [0.1, 0.15) is 9.84 Å². The Morgan fingerprint density at radius 1 is 1.25 bits per heavy atom. The normalized spacial score (nSPS) is 15.6. The largest absolute Gasteiger partial charge is 0.368 e. The van der Waals surface area contributed by atoms with Gasteiger partial charge in [0, 0.05) is 25.9 Å². The lowest BCUT2D eigenvalue weighted by Gasteiger charge is -2.15. The third kappa shape index (κ3) is 4.48. The lowest BCUT2D eigenvalue weighted by atomic mass is 10.4. The molecule has 20 heavy (non-hydrogen) atoms. The highest BCUT2D eigenvalue weighted by Crippen LogP contribution is 2.17. The van der Waals surface area contributed by atoms with Crippen molar-refractivity contribution in [1.29, 1.82) is 0 Å². The second-order valence-corrected chi connectivity index (χ2v) is 7.18. The zero-order valence-electron chi connectivity index (χ0n) is 11.5. The molecule has 8 nitrogen and oxygen atoms in total. The number of nitrogens with one attached hydrogen (secondary N) is 1. The molecule has 1 aromatic heterocycles. The molecule has 9 heteroatoms. The third-order valence-electron chi connectivity index (χ3n) is 3.00. The lowest BCUT2D eigenvalue weighted by Crippen LogP contribution is -2.22. The summed E-state index contributed by atoms with van der Waals surface area (Å²) in [6.45, 7) is 2.34. The first-order valence-corrected chi connectivity index (χ1v) is 8.68. The highest BCUT2D eigenvalue weighted by atomic mass is 32.2. The van der Waals surface area contributed by atoms with E-state index in [9.17, 15) is 8.42 Å². The molecule has 0 bridgehead atoms. The molecule has 0 atom stereocenters. The molecule has 1 fully saturated rings. The van der Waals surface area contributed by atoms with Gasteiger partial charge in [-0.15, -0.1) is 0 Å². The number of nitrogen functional groups attached to an aromatic ring is 1. The van der Waals surface area contributed by atoms with Crippen LogP contribution in [0.15, 0.2) is 0 Å². The fourth-order valence-corrected chi connectivity index (χ4v) is 2.72. The number of nitrogens with two attached hydrogens (primary N) is 1. The molecule has 0 saturated carbocycles. The maximum atomic E-state index is 11.0. The Hall–Kier alpha value is -1.64. The lowest BCUT2D eigenvalue weighted by molar-refractivity contribution is 0.600. The zero-order valence-corrected chi connectivity index (χ0v) is 12.4. The van der Waals surface area contributed by atoms with E-state index < -0.39 is 9.84 Å². The summed E-state index contributed by atoms with van der Waals surface area (Å²) in [6, 6.07) is 0. The minimum atomic E-state index is -2.93. The fourth-order valence-electron chi connectivity index (χ4n) is 2.05. The smallest absolute Gasteiger partial charge is 0.231 e. The molecule has 1 saturated heterocycles. The number of anilines is 3. The van der Waals surface area contributed by atoms with Gasteiger partial charge in [0.25, 0.3) is 0 Å². The first-order valence-electron chi connectivity index (χ1n) is 6.62. The van der Waals surface area contributed by atoms with Gasteiger partial charge in [-0.05, 0) is 19.3 Å². The van der Waals surface area contributed by atoms with Gasteiger partial charge >= 0.3 is 0 Å². The molecule has 2 rings (SSSR count). The van der Waals surface area contributed by atoms with Gasteiger partial charge < -0.3 is 16.0 Å². The van der Waals surface area contributed by atoms with Crippen molar-refractivity contribution in [2.24, 2.45) is 0 Å². The van der Waals surface area contributed by atoms with E-state index in [0.29, 0.717) is 24.9 Å². The van der Waals surface area contributed by atoms with E-state index in [1.165, 1.54) is 6.26 Å². The molecule has 0 amide bonds. The minimum Gasteiger partial charge on any atom is -0.368 e. The molecular formula is C11H20N6O2S. The SMILES string of the molecule is CS(=O)(=O)CCCNc1nc(N)nc(N2CCCC2)n1. The van der Waals surface area contributed by atoms with Gasteiger partial charge in [-0.25, -0.2) is 8.42 Å². The van der Waals surface area contributed by atoms with Crippen molar-refractivity contribution >= 4 is 27.7 Å². The van der Waals surface area contributed by atoms with Crippen LogP contribution in [0.2, 0.25) is 0 Å². The van der Waals surface area contributed by atoms with E-state index in [-0.39, 0.29) is 11.7 Å². The Kier molecular flexibility index (Phi) is 4.58. The summed E-state index contributed by atoms with van der Waals surface area (Å²) < 4.78 is 22.1. The monoisotopic (exact) mass is 300 g/mol. The topological polar surface area (TPSA) is 114 Å². The Bertz CT molecular complexity index is 556. The van der Waals surface area contributed by atoms with Gasteiger partial charge in [0.2, 0.25) is 17.8 Å². The first-order chi connectivity index (χ1) is 9.44. The predicted molar refractivity (Wildman–Crippen MR) is 78.5 cm³/mol. The predicted octanol–water partition coefficient (Wildman–Crippen LogP) is -0.0994. The summed E-state index contributed by atoms with van der Waals surface area (Å²) in [5, 5.41) is 2.99. The van der Waals surface area contributed by atoms with Crippen LogP contribution in [0.1, 0.15) is 19.3 Å². The minimum absolute atomic E-state index is 0.138. The first kappa shape index (κ1) is 14.8. The van der Waals surface area contributed by atoms with E-state index in [4.69, 9.17) is 5.73 Å². The summed E-state index contributed by atoms with van der Waals surface area (Å²) in [7, 11) is -2.93. The highest BCUT2D eigenvalue weighted by Gasteiger charge is 2.16. The Labute approximate surface area is 118 Å². The standard InChI is InChI=1S/C11H20N6O2S/c1-20(18,19)8-4-5-13-10-14-9(12)15-11(16-10)17-6-2-3-7-17/h2-8H2,1H3,(H3,12,13,14,15,16). The fraction of sp³-hybridized carbons (Fsp3) is 0.727. The van der Waals surface area contributed by atoms with Crippen LogP contribution in [0.3, 0.4) is 0 Å². The number of nitrogens with zero attached hydrogens (tertiary/aromatic N) is 4. The summed E-state index contributed by atoms with van der Waals surface area (Å²) >= 11 is 0. The molecule has 0 radical (unpaired) electrons. The Morgan fingerprint density at radius 3 is 2.60 bits per heavy atom.